The number of aryl methyl sites for hydroxylation is 1. The highest BCUT2D eigenvalue weighted by Gasteiger charge is 2.43. The number of ketones is 1. The Morgan fingerprint density at radius 1 is 0.950 bits per heavy atom. The van der Waals surface area contributed by atoms with Crippen molar-refractivity contribution in [3.63, 3.8) is 0 Å². The molecule has 2 amide bonds. The van der Waals surface area contributed by atoms with Crippen molar-refractivity contribution in [1.29, 1.82) is 0 Å². The Hall–Kier alpha value is -3.68. The fourth-order valence-corrected chi connectivity index (χ4v) is 5.13. The number of esters is 1. The van der Waals surface area contributed by atoms with E-state index in [4.69, 9.17) is 9.47 Å². The first kappa shape index (κ1) is 30.9. The highest BCUT2D eigenvalue weighted by atomic mass is 16.6. The van der Waals surface area contributed by atoms with Gasteiger partial charge in [-0.3, -0.25) is 14.5 Å². The van der Waals surface area contributed by atoms with Gasteiger partial charge in [0.25, 0.3) is 0 Å². The monoisotopic (exact) mass is 550 g/mol. The maximum Gasteiger partial charge on any atom is 0.410 e. The molecule has 0 spiro atoms. The van der Waals surface area contributed by atoms with Crippen LogP contribution in [0.2, 0.25) is 0 Å². The molecule has 0 N–H and O–H groups in total. The second-order valence-electron chi connectivity index (χ2n) is 11.0. The molecule has 3 rings (SSSR count). The number of methoxy groups -OCH3 is 1. The van der Waals surface area contributed by atoms with Crippen LogP contribution in [0.1, 0.15) is 57.6 Å². The molecule has 1 aliphatic rings. The molecule has 2 aromatic carbocycles. The maximum absolute atomic E-state index is 14.1. The molecule has 40 heavy (non-hydrogen) atoms. The quantitative estimate of drug-likeness (QED) is 0.325. The average Bonchev–Trinajstić information content (AvgIpc) is 3.36. The summed E-state index contributed by atoms with van der Waals surface area (Å²) in [6, 6.07) is 17.5. The van der Waals surface area contributed by atoms with Crippen molar-refractivity contribution in [2.24, 2.45) is 11.8 Å². The zero-order chi connectivity index (χ0) is 29.1. The summed E-state index contributed by atoms with van der Waals surface area (Å²) >= 11 is 0. The summed E-state index contributed by atoms with van der Waals surface area (Å²) in [7, 11) is 1.30. The van der Waals surface area contributed by atoms with Crippen LogP contribution in [0.25, 0.3) is 0 Å². The Balaban J connectivity index is 1.75. The van der Waals surface area contributed by atoms with E-state index < -0.39 is 24.1 Å². The summed E-state index contributed by atoms with van der Waals surface area (Å²) in [5.74, 6) is -0.693. The molecule has 8 nitrogen and oxygen atoms in total. The van der Waals surface area contributed by atoms with E-state index in [1.807, 2.05) is 81.4 Å². The Bertz CT molecular complexity index is 1120. The minimum absolute atomic E-state index is 0.00809. The predicted octanol–water partition coefficient (Wildman–Crippen LogP) is 5.04. The van der Waals surface area contributed by atoms with Crippen LogP contribution in [0.15, 0.2) is 60.7 Å². The van der Waals surface area contributed by atoms with E-state index in [2.05, 4.69) is 0 Å². The minimum atomic E-state index is -0.850. The lowest BCUT2D eigenvalue weighted by molar-refractivity contribution is -0.155. The van der Waals surface area contributed by atoms with E-state index in [1.54, 1.807) is 0 Å². The molecule has 1 fully saturated rings. The highest BCUT2D eigenvalue weighted by molar-refractivity contribution is 5.90. The fraction of sp³-hybridized carbons (Fsp3) is 0.500. The third kappa shape index (κ3) is 8.93. The largest absolute Gasteiger partial charge is 0.467 e. The molecule has 8 heteroatoms. The van der Waals surface area contributed by atoms with Gasteiger partial charge in [-0.15, -0.1) is 0 Å². The molecule has 0 aromatic heterocycles. The van der Waals surface area contributed by atoms with Crippen molar-refractivity contribution < 1.29 is 28.7 Å². The van der Waals surface area contributed by atoms with E-state index in [0.29, 0.717) is 32.2 Å². The first-order valence-electron chi connectivity index (χ1n) is 14.1. The van der Waals surface area contributed by atoms with Gasteiger partial charge in [-0.2, -0.15) is 0 Å². The van der Waals surface area contributed by atoms with Crippen LogP contribution in [-0.2, 0) is 36.9 Å². The Kier molecular flexibility index (Phi) is 11.7. The van der Waals surface area contributed by atoms with E-state index in [1.165, 1.54) is 16.9 Å². The number of nitrogens with zero attached hydrogens (tertiary/aromatic N) is 2. The van der Waals surface area contributed by atoms with Crippen LogP contribution in [0, 0.1) is 11.8 Å². The van der Waals surface area contributed by atoms with Gasteiger partial charge in [-0.25, -0.2) is 9.59 Å². The van der Waals surface area contributed by atoms with Gasteiger partial charge in [-0.1, -0.05) is 81.4 Å². The second kappa shape index (κ2) is 15.2. The molecular formula is C32H42N2O6. The van der Waals surface area contributed by atoms with Crippen LogP contribution in [0.3, 0.4) is 0 Å². The molecule has 0 bridgehead atoms. The summed E-state index contributed by atoms with van der Waals surface area (Å²) < 4.78 is 10.6. The van der Waals surface area contributed by atoms with Gasteiger partial charge in [0.15, 0.2) is 0 Å². The van der Waals surface area contributed by atoms with Gasteiger partial charge in [0.05, 0.1) is 7.11 Å². The molecule has 2 aromatic rings. The Morgan fingerprint density at radius 2 is 1.57 bits per heavy atom. The number of Topliss-reactive ketones (excluding diaryl/α,β-unsaturated/α-hetero) is 1. The number of likely N-dealkylation sites (tertiary alicyclic amines) is 1. The van der Waals surface area contributed by atoms with Crippen molar-refractivity contribution >= 4 is 23.8 Å². The third-order valence-corrected chi connectivity index (χ3v) is 7.23. The van der Waals surface area contributed by atoms with Gasteiger partial charge in [-0.05, 0) is 42.2 Å². The third-order valence-electron chi connectivity index (χ3n) is 7.23. The van der Waals surface area contributed by atoms with E-state index in [9.17, 15) is 19.2 Å². The van der Waals surface area contributed by atoms with Crippen LogP contribution >= 0.6 is 0 Å². The van der Waals surface area contributed by atoms with E-state index >= 15 is 0 Å². The first-order valence-corrected chi connectivity index (χ1v) is 14.1. The Morgan fingerprint density at radius 3 is 2.17 bits per heavy atom. The number of carbonyl (C=O) groups excluding carboxylic acids is 4. The molecule has 0 radical (unpaired) electrons. The van der Waals surface area contributed by atoms with Gasteiger partial charge in [0.2, 0.25) is 5.91 Å². The van der Waals surface area contributed by atoms with Gasteiger partial charge < -0.3 is 14.4 Å². The Labute approximate surface area is 237 Å². The van der Waals surface area contributed by atoms with Gasteiger partial charge in [0.1, 0.15) is 24.5 Å². The molecule has 3 atom stereocenters. The number of hydrogen-bond donors (Lipinski definition) is 0. The number of rotatable bonds is 13. The predicted molar refractivity (Wildman–Crippen MR) is 152 cm³/mol. The normalized spacial score (nSPS) is 17.4. The topological polar surface area (TPSA) is 93.2 Å². The van der Waals surface area contributed by atoms with Crippen LogP contribution in [0.5, 0.6) is 0 Å². The molecule has 1 saturated heterocycles. The van der Waals surface area contributed by atoms with E-state index in [-0.39, 0.29) is 43.1 Å². The van der Waals surface area contributed by atoms with Crippen molar-refractivity contribution in [2.75, 3.05) is 20.2 Å². The lowest BCUT2D eigenvalue weighted by Gasteiger charge is -2.35. The lowest BCUT2D eigenvalue weighted by atomic mass is 9.99. The van der Waals surface area contributed by atoms with Gasteiger partial charge >= 0.3 is 12.1 Å². The standard InChI is InChI=1S/C32H42N2O6/c1-23(2)19-29(31(37)39-4)33(18-17-27(35)16-15-25-11-7-5-8-12-25)30(36)28-20-24(3)21-34(28)32(38)40-22-26-13-9-6-10-14-26/h5-14,23-24,28-29H,15-22H2,1-4H3/t24-,28+,29-/m1/s1. The fourth-order valence-electron chi connectivity index (χ4n) is 5.13. The summed E-state index contributed by atoms with van der Waals surface area (Å²) in [5, 5.41) is 0. The smallest absolute Gasteiger partial charge is 0.410 e. The number of hydrogen-bond acceptors (Lipinski definition) is 6. The lowest BCUT2D eigenvalue weighted by Crippen LogP contribution is -2.54. The minimum Gasteiger partial charge on any atom is -0.467 e. The van der Waals surface area contributed by atoms with Crippen molar-refractivity contribution in [2.45, 2.75) is 71.6 Å². The van der Waals surface area contributed by atoms with Gasteiger partial charge in [0, 0.05) is 25.9 Å². The highest BCUT2D eigenvalue weighted by Crippen LogP contribution is 2.27. The second-order valence-corrected chi connectivity index (χ2v) is 11.0. The molecule has 1 aliphatic heterocycles. The van der Waals surface area contributed by atoms with Crippen LogP contribution in [0.4, 0.5) is 4.79 Å². The summed E-state index contributed by atoms with van der Waals surface area (Å²) in [6.45, 7) is 6.47. The zero-order valence-electron chi connectivity index (χ0n) is 24.1. The van der Waals surface area contributed by atoms with Crippen LogP contribution < -0.4 is 0 Å². The molecule has 0 saturated carbocycles. The molecule has 1 heterocycles. The number of ether oxygens (including phenoxy) is 2. The number of carbonyl (C=O) groups is 4. The summed E-state index contributed by atoms with van der Waals surface area (Å²) in [6.07, 6.45) is 1.35. The molecular weight excluding hydrogens is 508 g/mol. The number of benzene rings is 2. The van der Waals surface area contributed by atoms with Crippen molar-refractivity contribution in [1.82, 2.24) is 9.80 Å². The SMILES string of the molecule is COC(=O)[C@@H](CC(C)C)N(CCC(=O)CCc1ccccc1)C(=O)[C@@H]1C[C@@H](C)CN1C(=O)OCc1ccccc1. The van der Waals surface area contributed by atoms with Crippen molar-refractivity contribution in [3.05, 3.63) is 71.8 Å². The van der Waals surface area contributed by atoms with E-state index in [0.717, 1.165) is 11.1 Å². The first-order chi connectivity index (χ1) is 19.2. The zero-order valence-corrected chi connectivity index (χ0v) is 24.1. The molecule has 0 aliphatic carbocycles. The van der Waals surface area contributed by atoms with Crippen LogP contribution in [-0.4, -0.2) is 65.8 Å². The average molecular weight is 551 g/mol. The summed E-state index contributed by atoms with van der Waals surface area (Å²) in [5.41, 5.74) is 1.92. The summed E-state index contributed by atoms with van der Waals surface area (Å²) in [4.78, 5) is 55.9. The molecule has 216 valence electrons. The number of amides is 2. The van der Waals surface area contributed by atoms with Crippen molar-refractivity contribution in [3.8, 4) is 0 Å². The molecule has 0 unspecified atom stereocenters. The maximum atomic E-state index is 14.1.